The van der Waals surface area contributed by atoms with Crippen molar-refractivity contribution in [3.63, 3.8) is 0 Å². The van der Waals surface area contributed by atoms with Crippen LogP contribution in [0.15, 0.2) is 83.0 Å². The van der Waals surface area contributed by atoms with Crippen molar-refractivity contribution < 1.29 is 38.1 Å². The zero-order chi connectivity index (χ0) is 38.0. The number of esters is 3. The molecule has 0 aliphatic carbocycles. The minimum Gasteiger partial charge on any atom is -0.497 e. The van der Waals surface area contributed by atoms with Crippen LogP contribution in [0.1, 0.15) is 88.6 Å². The Morgan fingerprint density at radius 3 is 1.85 bits per heavy atom. The maximum atomic E-state index is 13.4. The normalized spacial score (nSPS) is 13.2. The van der Waals surface area contributed by atoms with Crippen molar-refractivity contribution in [1.82, 2.24) is 0 Å². The zero-order valence-corrected chi connectivity index (χ0v) is 32.9. The van der Waals surface area contributed by atoms with Crippen LogP contribution in [0.25, 0.3) is 0 Å². The summed E-state index contributed by atoms with van der Waals surface area (Å²) in [7, 11) is 1.62. The molecule has 2 unspecified atom stereocenters. The van der Waals surface area contributed by atoms with Gasteiger partial charge in [-0.05, 0) is 127 Å². The van der Waals surface area contributed by atoms with Crippen LogP contribution in [-0.2, 0) is 23.8 Å². The number of hydrogen-bond acceptors (Lipinski definition) is 10. The largest absolute Gasteiger partial charge is 0.497 e. The lowest BCUT2D eigenvalue weighted by Gasteiger charge is -2.37. The summed E-state index contributed by atoms with van der Waals surface area (Å²) >= 11 is 3.48. The van der Waals surface area contributed by atoms with Crippen LogP contribution in [0.2, 0.25) is 0 Å². The van der Waals surface area contributed by atoms with Crippen molar-refractivity contribution in [2.45, 2.75) is 85.2 Å². The van der Waals surface area contributed by atoms with Gasteiger partial charge in [-0.25, -0.2) is 4.79 Å². The van der Waals surface area contributed by atoms with E-state index in [2.05, 4.69) is 26.2 Å². The number of nitrogens with zero attached hydrogens (tertiary/aromatic N) is 2. The number of benzene rings is 3. The topological polar surface area (TPSA) is 122 Å². The molecule has 3 aromatic rings. The first kappa shape index (κ1) is 42.2. The fourth-order valence-electron chi connectivity index (χ4n) is 5.19. The van der Waals surface area contributed by atoms with Gasteiger partial charge in [-0.2, -0.15) is 10.2 Å². The number of rotatable bonds is 22. The lowest BCUT2D eigenvalue weighted by molar-refractivity contribution is -0.164. The molecule has 0 spiro atoms. The summed E-state index contributed by atoms with van der Waals surface area (Å²) in [6.07, 6.45) is 4.95. The first-order chi connectivity index (χ1) is 24.9. The molecule has 52 heavy (non-hydrogen) atoms. The Labute approximate surface area is 316 Å². The number of alkyl halides is 1. The average molecular weight is 782 g/mol. The predicted molar refractivity (Wildman–Crippen MR) is 205 cm³/mol. The van der Waals surface area contributed by atoms with E-state index in [1.54, 1.807) is 40.0 Å². The van der Waals surface area contributed by atoms with E-state index in [9.17, 15) is 14.4 Å². The molecule has 3 rings (SSSR count). The van der Waals surface area contributed by atoms with Crippen LogP contribution >= 0.6 is 15.9 Å². The minimum absolute atomic E-state index is 0.0695. The van der Waals surface area contributed by atoms with Gasteiger partial charge in [0.2, 0.25) is 0 Å². The van der Waals surface area contributed by atoms with Gasteiger partial charge < -0.3 is 23.7 Å². The van der Waals surface area contributed by atoms with Crippen molar-refractivity contribution in [2.75, 3.05) is 32.3 Å². The van der Waals surface area contributed by atoms with Crippen molar-refractivity contribution in [1.29, 1.82) is 0 Å². The lowest BCUT2D eigenvalue weighted by Crippen LogP contribution is -2.47. The third kappa shape index (κ3) is 13.7. The minimum atomic E-state index is -1.26. The number of methoxy groups -OCH3 is 1. The van der Waals surface area contributed by atoms with Gasteiger partial charge >= 0.3 is 17.9 Å². The van der Waals surface area contributed by atoms with Crippen molar-refractivity contribution in [3.05, 3.63) is 83.9 Å². The molecule has 0 aliphatic rings. The maximum absolute atomic E-state index is 13.4. The van der Waals surface area contributed by atoms with E-state index in [0.717, 1.165) is 54.1 Å². The summed E-state index contributed by atoms with van der Waals surface area (Å²) in [5.41, 5.74) is 0.522. The molecular formula is C41H53BrN2O8. The molecule has 0 aliphatic heterocycles. The first-order valence-corrected chi connectivity index (χ1v) is 19.0. The second kappa shape index (κ2) is 21.3. The van der Waals surface area contributed by atoms with Crippen LogP contribution in [0.4, 0.5) is 11.4 Å². The SMILES string of the molecule is CCCCOC(=O)C(CC(C)(CBr)C(=O)OCCCCCCOc1ccc(N=Nc2ccc(OC)cc2)cc1)C(C)(C)OC(=O)c1ccc(C)cc1. The number of unbranched alkanes of at least 4 members (excludes halogenated alkanes) is 4. The molecule has 0 radical (unpaired) electrons. The lowest BCUT2D eigenvalue weighted by atomic mass is 9.76. The quantitative estimate of drug-likeness (QED) is 0.0325. The Morgan fingerprint density at radius 2 is 1.29 bits per heavy atom. The van der Waals surface area contributed by atoms with Gasteiger partial charge in [0.15, 0.2) is 0 Å². The highest BCUT2D eigenvalue weighted by atomic mass is 79.9. The Hall–Kier alpha value is -4.25. The van der Waals surface area contributed by atoms with E-state index < -0.39 is 34.8 Å². The Balaban J connectivity index is 1.44. The number of azo groups is 1. The first-order valence-electron chi connectivity index (χ1n) is 17.9. The number of halogens is 1. The highest BCUT2D eigenvalue weighted by Gasteiger charge is 2.47. The summed E-state index contributed by atoms with van der Waals surface area (Å²) in [4.78, 5) is 39.9. The van der Waals surface area contributed by atoms with Gasteiger partial charge in [0.25, 0.3) is 0 Å². The van der Waals surface area contributed by atoms with Gasteiger partial charge in [-0.15, -0.1) is 0 Å². The molecule has 3 aromatic carbocycles. The van der Waals surface area contributed by atoms with E-state index >= 15 is 0 Å². The van der Waals surface area contributed by atoms with E-state index in [0.29, 0.717) is 25.0 Å². The summed E-state index contributed by atoms with van der Waals surface area (Å²) in [5, 5.41) is 8.76. The van der Waals surface area contributed by atoms with E-state index in [-0.39, 0.29) is 25.0 Å². The summed E-state index contributed by atoms with van der Waals surface area (Å²) < 4.78 is 28.3. The monoisotopic (exact) mass is 780 g/mol. The van der Waals surface area contributed by atoms with Crippen molar-refractivity contribution in [2.24, 2.45) is 21.6 Å². The molecule has 10 nitrogen and oxygen atoms in total. The molecule has 0 saturated carbocycles. The second-order valence-corrected chi connectivity index (χ2v) is 14.2. The molecule has 0 bridgehead atoms. The number of ether oxygens (including phenoxy) is 5. The van der Waals surface area contributed by atoms with Crippen LogP contribution in [0.3, 0.4) is 0 Å². The van der Waals surface area contributed by atoms with Gasteiger partial charge in [-0.1, -0.05) is 47.0 Å². The molecule has 0 amide bonds. The standard InChI is InChI=1S/C41H53BrN2O8/c1-7-8-25-50-38(46)36(40(3,4)52-37(45)31-15-13-30(2)14-16-31)28-41(5,29-42)39(47)51-27-12-10-9-11-26-49-35-23-19-33(20-24-35)44-43-32-17-21-34(48-6)22-18-32/h13-24,36H,7-12,25-29H2,1-6H3. The van der Waals surface area contributed by atoms with Gasteiger partial charge in [0.1, 0.15) is 17.1 Å². The van der Waals surface area contributed by atoms with Crippen LogP contribution < -0.4 is 9.47 Å². The Kier molecular flexibility index (Phi) is 17.3. The number of aryl methyl sites for hydroxylation is 1. The average Bonchev–Trinajstić information content (AvgIpc) is 3.14. The Bertz CT molecular complexity index is 1580. The smallest absolute Gasteiger partial charge is 0.338 e. The molecule has 282 valence electrons. The molecule has 0 heterocycles. The summed E-state index contributed by atoms with van der Waals surface area (Å²) in [6.45, 7) is 10.1. The van der Waals surface area contributed by atoms with Gasteiger partial charge in [-0.3, -0.25) is 9.59 Å². The molecule has 0 aromatic heterocycles. The molecule has 2 atom stereocenters. The maximum Gasteiger partial charge on any atom is 0.338 e. The van der Waals surface area contributed by atoms with Gasteiger partial charge in [0.05, 0.1) is 55.2 Å². The molecule has 11 heteroatoms. The summed E-state index contributed by atoms with van der Waals surface area (Å²) in [5.74, 6) is -0.870. The third-order valence-electron chi connectivity index (χ3n) is 8.68. The molecule has 0 saturated heterocycles. The summed E-state index contributed by atoms with van der Waals surface area (Å²) in [6, 6.07) is 21.8. The molecular weight excluding hydrogens is 728 g/mol. The number of hydrogen-bond donors (Lipinski definition) is 0. The predicted octanol–water partition coefficient (Wildman–Crippen LogP) is 10.3. The highest BCUT2D eigenvalue weighted by molar-refractivity contribution is 9.09. The highest BCUT2D eigenvalue weighted by Crippen LogP contribution is 2.38. The second-order valence-electron chi connectivity index (χ2n) is 13.6. The Morgan fingerprint density at radius 1 is 0.731 bits per heavy atom. The van der Waals surface area contributed by atoms with Crippen molar-refractivity contribution >= 4 is 45.2 Å². The van der Waals surface area contributed by atoms with Gasteiger partial charge in [0, 0.05) is 5.33 Å². The van der Waals surface area contributed by atoms with E-state index in [4.69, 9.17) is 23.7 Å². The molecule has 0 fully saturated rings. The zero-order valence-electron chi connectivity index (χ0n) is 31.3. The van der Waals surface area contributed by atoms with E-state index in [1.807, 2.05) is 74.5 Å². The van der Waals surface area contributed by atoms with Crippen LogP contribution in [-0.4, -0.2) is 55.8 Å². The van der Waals surface area contributed by atoms with Crippen LogP contribution in [0, 0.1) is 18.3 Å². The van der Waals surface area contributed by atoms with E-state index in [1.165, 1.54) is 0 Å². The van der Waals surface area contributed by atoms with Crippen molar-refractivity contribution in [3.8, 4) is 11.5 Å². The van der Waals surface area contributed by atoms with Crippen LogP contribution in [0.5, 0.6) is 11.5 Å². The number of carbonyl (C=O) groups excluding carboxylic acids is 3. The fraction of sp³-hybridized carbons (Fsp3) is 0.488. The number of carbonyl (C=O) groups is 3. The fourth-order valence-corrected chi connectivity index (χ4v) is 5.65. The molecule has 0 N–H and O–H groups in total. The third-order valence-corrected chi connectivity index (χ3v) is 9.92.